The molecule has 0 saturated heterocycles. The van der Waals surface area contributed by atoms with E-state index in [1.165, 1.54) is 23.4 Å². The van der Waals surface area contributed by atoms with E-state index in [1.54, 1.807) is 20.8 Å². The Morgan fingerprint density at radius 2 is 1.23 bits per heavy atom. The highest BCUT2D eigenvalue weighted by Crippen LogP contribution is 2.69. The zero-order valence-electron chi connectivity index (χ0n) is 20.4. The van der Waals surface area contributed by atoms with Crippen molar-refractivity contribution in [3.05, 3.63) is 34.9 Å². The number of rotatable bonds is 16. The van der Waals surface area contributed by atoms with Crippen LogP contribution in [0.15, 0.2) is 34.9 Å². The maximum Gasteiger partial charge on any atom is 0.343 e. The van der Waals surface area contributed by atoms with E-state index in [1.807, 2.05) is 6.08 Å². The summed E-state index contributed by atoms with van der Waals surface area (Å²) in [5, 5.41) is -0.791. The molecule has 0 rings (SSSR count). The van der Waals surface area contributed by atoms with Crippen molar-refractivity contribution in [1.82, 2.24) is 0 Å². The first-order chi connectivity index (χ1) is 14.0. The highest BCUT2D eigenvalue weighted by molar-refractivity contribution is 7.74. The van der Waals surface area contributed by atoms with Crippen molar-refractivity contribution in [2.24, 2.45) is 0 Å². The maximum absolute atomic E-state index is 13.4. The van der Waals surface area contributed by atoms with Crippen molar-refractivity contribution in [3.8, 4) is 0 Å². The molecule has 0 saturated carbocycles. The Morgan fingerprint density at radius 3 is 1.70 bits per heavy atom. The predicted octanol–water partition coefficient (Wildman–Crippen LogP) is 8.33. The summed E-state index contributed by atoms with van der Waals surface area (Å²) in [5.74, 6) is 0. The van der Waals surface area contributed by atoms with Crippen LogP contribution in [0.2, 0.25) is 0 Å². The SMILES string of the molecule is CCOP(C)(=O)C(C/C=C(\C)CC/C=C(\C)CCC=C(C)C)P(=O)(OCC)OCC. The van der Waals surface area contributed by atoms with Crippen LogP contribution in [0.3, 0.4) is 0 Å². The van der Waals surface area contributed by atoms with Gasteiger partial charge in [0.15, 0.2) is 0 Å². The van der Waals surface area contributed by atoms with Crippen molar-refractivity contribution in [2.45, 2.75) is 86.0 Å². The van der Waals surface area contributed by atoms with Gasteiger partial charge in [-0.15, -0.1) is 0 Å². The van der Waals surface area contributed by atoms with Gasteiger partial charge in [-0.05, 0) is 80.6 Å². The molecule has 0 aliphatic carbocycles. The lowest BCUT2D eigenvalue weighted by molar-refractivity contribution is 0.215. The van der Waals surface area contributed by atoms with E-state index in [-0.39, 0.29) is 13.2 Å². The molecule has 2 unspecified atom stereocenters. The van der Waals surface area contributed by atoms with Crippen molar-refractivity contribution < 1.29 is 22.7 Å². The van der Waals surface area contributed by atoms with Gasteiger partial charge in [-0.3, -0.25) is 9.13 Å². The van der Waals surface area contributed by atoms with Crippen LogP contribution in [0, 0.1) is 0 Å². The third-order valence-electron chi connectivity index (χ3n) is 4.71. The number of hydrogen-bond acceptors (Lipinski definition) is 5. The van der Waals surface area contributed by atoms with Gasteiger partial charge in [0.25, 0.3) is 0 Å². The molecule has 0 aromatic carbocycles. The summed E-state index contributed by atoms with van der Waals surface area (Å²) in [6, 6.07) is 0. The molecule has 2 atom stereocenters. The fourth-order valence-corrected chi connectivity index (χ4v) is 8.46. The molecule has 0 N–H and O–H groups in total. The number of allylic oxidation sites excluding steroid dienone is 6. The lowest BCUT2D eigenvalue weighted by Crippen LogP contribution is -2.15. The largest absolute Gasteiger partial charge is 0.343 e. The summed E-state index contributed by atoms with van der Waals surface area (Å²) in [7, 11) is -6.73. The van der Waals surface area contributed by atoms with Crippen LogP contribution in [0.4, 0.5) is 0 Å². The minimum absolute atomic E-state index is 0.236. The highest BCUT2D eigenvalue weighted by Gasteiger charge is 2.45. The smallest absolute Gasteiger partial charge is 0.328 e. The van der Waals surface area contributed by atoms with Gasteiger partial charge < -0.3 is 13.6 Å². The van der Waals surface area contributed by atoms with Gasteiger partial charge in [0.05, 0.1) is 19.8 Å². The van der Waals surface area contributed by atoms with Crippen LogP contribution in [0.25, 0.3) is 0 Å². The first-order valence-electron chi connectivity index (χ1n) is 11.1. The molecule has 0 aliphatic heterocycles. The third-order valence-corrected chi connectivity index (χ3v) is 11.1. The zero-order chi connectivity index (χ0) is 23.2. The predicted molar refractivity (Wildman–Crippen MR) is 130 cm³/mol. The minimum atomic E-state index is -3.55. The highest BCUT2D eigenvalue weighted by atomic mass is 31.2. The standard InChI is InChI=1S/C23H44O5P2/c1-9-26-29(8,24)23(30(25,27-10-2)28-11-3)19-18-22(7)17-13-16-21(6)15-12-14-20(4)5/h14,16,18,23H,9-13,15,17,19H2,1-8H3/b21-16+,22-18+. The second-order valence-electron chi connectivity index (χ2n) is 7.88. The summed E-state index contributed by atoms with van der Waals surface area (Å²) < 4.78 is 43.0. The fraction of sp³-hybridized carbons (Fsp3) is 0.739. The summed E-state index contributed by atoms with van der Waals surface area (Å²) >= 11 is 0. The quantitative estimate of drug-likeness (QED) is 0.170. The van der Waals surface area contributed by atoms with Crippen molar-refractivity contribution in [1.29, 1.82) is 0 Å². The van der Waals surface area contributed by atoms with Crippen molar-refractivity contribution in [3.63, 3.8) is 0 Å². The van der Waals surface area contributed by atoms with Crippen molar-refractivity contribution >= 4 is 15.0 Å². The van der Waals surface area contributed by atoms with E-state index in [9.17, 15) is 9.13 Å². The Kier molecular flexibility index (Phi) is 15.2. The van der Waals surface area contributed by atoms with Gasteiger partial charge >= 0.3 is 7.60 Å². The molecule has 0 amide bonds. The Morgan fingerprint density at radius 1 is 0.767 bits per heavy atom. The van der Waals surface area contributed by atoms with Gasteiger partial charge in [-0.1, -0.05) is 34.9 Å². The second-order valence-corrected chi connectivity index (χ2v) is 13.2. The fourth-order valence-electron chi connectivity index (χ4n) is 3.13. The van der Waals surface area contributed by atoms with E-state index in [4.69, 9.17) is 13.6 Å². The Labute approximate surface area is 185 Å². The summed E-state index contributed by atoms with van der Waals surface area (Å²) in [6.45, 7) is 16.1. The lowest BCUT2D eigenvalue weighted by atomic mass is 10.1. The monoisotopic (exact) mass is 462 g/mol. The van der Waals surface area contributed by atoms with E-state index in [0.717, 1.165) is 25.7 Å². The van der Waals surface area contributed by atoms with Gasteiger partial charge in [-0.2, -0.15) is 0 Å². The van der Waals surface area contributed by atoms with Crippen LogP contribution in [-0.4, -0.2) is 31.9 Å². The Bertz CT molecular complexity index is 665. The first-order valence-corrected chi connectivity index (χ1v) is 14.8. The van der Waals surface area contributed by atoms with Gasteiger partial charge in [0, 0.05) is 6.66 Å². The molecule has 0 fully saturated rings. The number of hydrogen-bond donors (Lipinski definition) is 0. The molecule has 0 aliphatic rings. The molecule has 0 bridgehead atoms. The maximum atomic E-state index is 13.4. The van der Waals surface area contributed by atoms with Crippen LogP contribution in [0.5, 0.6) is 0 Å². The summed E-state index contributed by atoms with van der Waals surface area (Å²) in [5.41, 5.74) is 3.92. The molecule has 0 heterocycles. The molecule has 30 heavy (non-hydrogen) atoms. The summed E-state index contributed by atoms with van der Waals surface area (Å²) in [6.07, 6.45) is 10.9. The molecule has 7 heteroatoms. The van der Waals surface area contributed by atoms with Gasteiger partial charge in [0.2, 0.25) is 7.37 Å². The van der Waals surface area contributed by atoms with E-state index >= 15 is 0 Å². The van der Waals surface area contributed by atoms with Gasteiger partial charge in [0.1, 0.15) is 5.40 Å². The molecule has 176 valence electrons. The van der Waals surface area contributed by atoms with Crippen LogP contribution in [0.1, 0.15) is 80.6 Å². The molecule has 0 spiro atoms. The normalized spacial score (nSPS) is 16.3. The van der Waals surface area contributed by atoms with E-state index < -0.39 is 20.4 Å². The van der Waals surface area contributed by atoms with E-state index in [2.05, 4.69) is 39.8 Å². The minimum Gasteiger partial charge on any atom is -0.328 e. The average Bonchev–Trinajstić information content (AvgIpc) is 2.61. The molecular weight excluding hydrogens is 418 g/mol. The Hall–Kier alpha value is -0.440. The third kappa shape index (κ3) is 11.8. The van der Waals surface area contributed by atoms with Crippen molar-refractivity contribution in [2.75, 3.05) is 26.5 Å². The molecule has 5 nitrogen and oxygen atoms in total. The molecule has 0 radical (unpaired) electrons. The van der Waals surface area contributed by atoms with Gasteiger partial charge in [-0.25, -0.2) is 0 Å². The topological polar surface area (TPSA) is 61.8 Å². The first kappa shape index (κ1) is 29.6. The Balaban J connectivity index is 5.19. The lowest BCUT2D eigenvalue weighted by Gasteiger charge is -2.29. The summed E-state index contributed by atoms with van der Waals surface area (Å²) in [4.78, 5) is 0. The van der Waals surface area contributed by atoms with E-state index in [0.29, 0.717) is 13.0 Å². The molecule has 0 aromatic rings. The van der Waals surface area contributed by atoms with Crippen LogP contribution in [-0.2, 0) is 22.7 Å². The average molecular weight is 463 g/mol. The zero-order valence-corrected chi connectivity index (χ0v) is 22.2. The van der Waals surface area contributed by atoms with Crippen LogP contribution >= 0.6 is 15.0 Å². The molecule has 0 aromatic heterocycles. The molecular formula is C23H44O5P2. The second kappa shape index (κ2) is 15.4. The van der Waals surface area contributed by atoms with Crippen LogP contribution < -0.4 is 0 Å².